The van der Waals surface area contributed by atoms with Crippen LogP contribution in [0, 0.1) is 11.7 Å². The Labute approximate surface area is 200 Å². The molecule has 2 aliphatic rings. The van der Waals surface area contributed by atoms with Crippen molar-refractivity contribution in [1.82, 2.24) is 19.1 Å². The first-order valence-corrected chi connectivity index (χ1v) is 13.3. The van der Waals surface area contributed by atoms with Gasteiger partial charge in [-0.05, 0) is 42.9 Å². The highest BCUT2D eigenvalue weighted by Gasteiger charge is 2.39. The summed E-state index contributed by atoms with van der Waals surface area (Å²) in [7, 11) is -3.58. The van der Waals surface area contributed by atoms with Gasteiger partial charge >= 0.3 is 0 Å². The first kappa shape index (κ1) is 23.0. The summed E-state index contributed by atoms with van der Waals surface area (Å²) in [6.07, 6.45) is 5.94. The van der Waals surface area contributed by atoms with E-state index in [0.29, 0.717) is 24.6 Å². The third-order valence-electron chi connectivity index (χ3n) is 7.09. The van der Waals surface area contributed by atoms with Gasteiger partial charge in [-0.3, -0.25) is 0 Å². The lowest BCUT2D eigenvalue weighted by molar-refractivity contribution is 0.297. The molecule has 2 aromatic carbocycles. The molecule has 0 amide bonds. The highest BCUT2D eigenvalue weighted by atomic mass is 32.2. The van der Waals surface area contributed by atoms with Crippen LogP contribution in [0.5, 0.6) is 0 Å². The summed E-state index contributed by atoms with van der Waals surface area (Å²) in [4.78, 5) is 2.18. The largest absolute Gasteiger partial charge is 0.371 e. The van der Waals surface area contributed by atoms with Crippen LogP contribution in [-0.2, 0) is 16.6 Å². The highest BCUT2D eigenvalue weighted by molar-refractivity contribution is 7.89. The van der Waals surface area contributed by atoms with Crippen LogP contribution in [0.15, 0.2) is 61.2 Å². The predicted octanol–water partition coefficient (Wildman–Crippen LogP) is 4.17. The SMILES string of the molecule is C[C@@H]1CC(c2ccccc2)S(=O)(=O)N(Cc2ccc(N3CCC(n4cnnc4)CC3)cc2F)C1. The molecule has 3 aromatic rings. The van der Waals surface area contributed by atoms with Gasteiger partial charge < -0.3 is 9.47 Å². The first-order chi connectivity index (χ1) is 16.4. The number of anilines is 1. The normalized spacial score (nSPS) is 23.8. The van der Waals surface area contributed by atoms with Crippen LogP contribution in [0.25, 0.3) is 0 Å². The van der Waals surface area contributed by atoms with E-state index in [0.717, 1.165) is 37.2 Å². The Morgan fingerprint density at radius 1 is 1.03 bits per heavy atom. The molecule has 0 radical (unpaired) electrons. The van der Waals surface area contributed by atoms with Gasteiger partial charge in [0.25, 0.3) is 0 Å². The summed E-state index contributed by atoms with van der Waals surface area (Å²) in [6.45, 7) is 4.15. The molecular formula is C25H30FN5O2S. The second-order valence-electron chi connectivity index (χ2n) is 9.48. The van der Waals surface area contributed by atoms with E-state index in [9.17, 15) is 8.42 Å². The summed E-state index contributed by atoms with van der Waals surface area (Å²) in [5.41, 5.74) is 2.04. The maximum atomic E-state index is 15.2. The van der Waals surface area contributed by atoms with Crippen LogP contribution in [0.1, 0.15) is 48.6 Å². The minimum absolute atomic E-state index is 0.0534. The predicted molar refractivity (Wildman–Crippen MR) is 129 cm³/mol. The molecule has 0 N–H and O–H groups in total. The topological polar surface area (TPSA) is 71.3 Å². The van der Waals surface area contributed by atoms with Gasteiger partial charge in [0.05, 0.1) is 0 Å². The number of halogens is 1. The molecule has 7 nitrogen and oxygen atoms in total. The number of aromatic nitrogens is 3. The number of hydrogen-bond donors (Lipinski definition) is 0. The van der Waals surface area contributed by atoms with E-state index in [1.54, 1.807) is 24.8 Å². The monoisotopic (exact) mass is 483 g/mol. The molecule has 2 atom stereocenters. The van der Waals surface area contributed by atoms with Crippen molar-refractivity contribution in [2.24, 2.45) is 5.92 Å². The number of rotatable bonds is 5. The maximum Gasteiger partial charge on any atom is 0.221 e. The summed E-state index contributed by atoms with van der Waals surface area (Å²) < 4.78 is 45.5. The lowest BCUT2D eigenvalue weighted by atomic mass is 10.00. The summed E-state index contributed by atoms with van der Waals surface area (Å²) in [5.74, 6) is -0.161. The highest BCUT2D eigenvalue weighted by Crippen LogP contribution is 2.38. The second kappa shape index (κ2) is 9.46. The van der Waals surface area contributed by atoms with E-state index in [2.05, 4.69) is 22.0 Å². The molecule has 2 fully saturated rings. The van der Waals surface area contributed by atoms with Crippen LogP contribution < -0.4 is 4.90 Å². The average molecular weight is 484 g/mol. The summed E-state index contributed by atoms with van der Waals surface area (Å²) in [6, 6.07) is 14.9. The smallest absolute Gasteiger partial charge is 0.221 e. The van der Waals surface area contributed by atoms with E-state index in [1.807, 2.05) is 41.0 Å². The lowest BCUT2D eigenvalue weighted by Crippen LogP contribution is -2.43. The van der Waals surface area contributed by atoms with E-state index >= 15 is 4.39 Å². The van der Waals surface area contributed by atoms with Crippen molar-refractivity contribution in [2.45, 2.75) is 44.0 Å². The van der Waals surface area contributed by atoms with Crippen molar-refractivity contribution in [3.05, 3.63) is 78.1 Å². The zero-order chi connectivity index (χ0) is 23.7. The van der Waals surface area contributed by atoms with Crippen molar-refractivity contribution in [3.8, 4) is 0 Å². The summed E-state index contributed by atoms with van der Waals surface area (Å²) in [5, 5.41) is 7.18. The Morgan fingerprint density at radius 2 is 1.74 bits per heavy atom. The van der Waals surface area contributed by atoms with E-state index in [-0.39, 0.29) is 18.3 Å². The molecule has 9 heteroatoms. The van der Waals surface area contributed by atoms with Crippen molar-refractivity contribution in [1.29, 1.82) is 0 Å². The van der Waals surface area contributed by atoms with E-state index in [4.69, 9.17) is 0 Å². The number of benzene rings is 2. The second-order valence-corrected chi connectivity index (χ2v) is 11.6. The van der Waals surface area contributed by atoms with Crippen molar-refractivity contribution in [3.63, 3.8) is 0 Å². The summed E-state index contributed by atoms with van der Waals surface area (Å²) >= 11 is 0. The molecule has 0 spiro atoms. The Bertz CT molecular complexity index is 1210. The fraction of sp³-hybridized carbons (Fsp3) is 0.440. The Hall–Kier alpha value is -2.78. The van der Waals surface area contributed by atoms with Crippen LogP contribution in [0.4, 0.5) is 10.1 Å². The molecule has 180 valence electrons. The Balaban J connectivity index is 1.29. The maximum absolute atomic E-state index is 15.2. The lowest BCUT2D eigenvalue weighted by Gasteiger charge is -2.36. The van der Waals surface area contributed by atoms with Crippen LogP contribution in [0.3, 0.4) is 0 Å². The fourth-order valence-electron chi connectivity index (χ4n) is 5.19. The first-order valence-electron chi connectivity index (χ1n) is 11.8. The van der Waals surface area contributed by atoms with Gasteiger partial charge in [0, 0.05) is 43.5 Å². The molecule has 5 rings (SSSR count). The molecule has 34 heavy (non-hydrogen) atoms. The van der Waals surface area contributed by atoms with Crippen LogP contribution in [0.2, 0.25) is 0 Å². The Morgan fingerprint density at radius 3 is 2.41 bits per heavy atom. The quantitative estimate of drug-likeness (QED) is 0.545. The van der Waals surface area contributed by atoms with Gasteiger partial charge in [-0.1, -0.05) is 43.3 Å². The number of hydrogen-bond acceptors (Lipinski definition) is 5. The minimum Gasteiger partial charge on any atom is -0.371 e. The molecule has 0 aliphatic carbocycles. The van der Waals surface area contributed by atoms with Crippen LogP contribution >= 0.6 is 0 Å². The van der Waals surface area contributed by atoms with Crippen LogP contribution in [-0.4, -0.2) is 47.1 Å². The van der Waals surface area contributed by atoms with Crippen molar-refractivity contribution >= 4 is 15.7 Å². The van der Waals surface area contributed by atoms with Gasteiger partial charge in [-0.25, -0.2) is 12.8 Å². The molecule has 3 heterocycles. The third kappa shape index (κ3) is 4.59. The molecule has 0 saturated carbocycles. The molecule has 0 bridgehead atoms. The van der Waals surface area contributed by atoms with E-state index < -0.39 is 15.3 Å². The fourth-order valence-corrected chi connectivity index (χ4v) is 7.41. The minimum atomic E-state index is -3.58. The number of sulfonamides is 1. The van der Waals surface area contributed by atoms with Gasteiger partial charge in [0.1, 0.15) is 23.7 Å². The zero-order valence-corrected chi connectivity index (χ0v) is 20.1. The molecule has 1 unspecified atom stereocenters. The number of nitrogens with zero attached hydrogens (tertiary/aromatic N) is 5. The van der Waals surface area contributed by atoms with E-state index in [1.165, 1.54) is 4.31 Å². The average Bonchev–Trinajstić information content (AvgIpc) is 3.38. The van der Waals surface area contributed by atoms with Gasteiger partial charge in [0.2, 0.25) is 10.0 Å². The zero-order valence-electron chi connectivity index (χ0n) is 19.3. The molecular weight excluding hydrogens is 453 g/mol. The Kier molecular flexibility index (Phi) is 6.40. The molecule has 1 aromatic heterocycles. The molecule has 2 saturated heterocycles. The molecule has 2 aliphatic heterocycles. The van der Waals surface area contributed by atoms with Crippen molar-refractivity contribution < 1.29 is 12.8 Å². The number of piperidine rings is 1. The van der Waals surface area contributed by atoms with Gasteiger partial charge in [-0.2, -0.15) is 4.31 Å². The van der Waals surface area contributed by atoms with Gasteiger partial charge in [-0.15, -0.1) is 10.2 Å². The van der Waals surface area contributed by atoms with Crippen molar-refractivity contribution in [2.75, 3.05) is 24.5 Å². The third-order valence-corrected chi connectivity index (χ3v) is 9.28. The van der Waals surface area contributed by atoms with Gasteiger partial charge in [0.15, 0.2) is 0 Å². The standard InChI is InChI=1S/C25H30FN5O2S/c1-19-13-25(20-5-3-2-4-6-20)34(32,33)31(15-19)16-21-7-8-23(14-24(21)26)29-11-9-22(10-12-29)30-17-27-28-18-30/h2-8,14,17-19,22,25H,9-13,15-16H2,1H3/t19-,25?/m1/s1.